The second-order valence-electron chi connectivity index (χ2n) is 4.44. The van der Waals surface area contributed by atoms with E-state index in [1.54, 1.807) is 6.92 Å². The van der Waals surface area contributed by atoms with Crippen molar-refractivity contribution in [3.8, 4) is 0 Å². The highest BCUT2D eigenvalue weighted by molar-refractivity contribution is 5.82. The molecule has 0 aliphatic heterocycles. The summed E-state index contributed by atoms with van der Waals surface area (Å²) in [6.07, 6.45) is -0.362. The number of nitrogens with two attached hydrogens (primary N) is 1. The van der Waals surface area contributed by atoms with E-state index in [1.165, 1.54) is 4.90 Å². The van der Waals surface area contributed by atoms with Crippen LogP contribution in [-0.4, -0.2) is 41.7 Å². The maximum absolute atomic E-state index is 11.7. The van der Waals surface area contributed by atoms with Crippen LogP contribution in [0.1, 0.15) is 27.7 Å². The zero-order chi connectivity index (χ0) is 13.4. The Balaban J connectivity index is 4.27. The molecule has 0 bridgehead atoms. The molecule has 100 valence electrons. The van der Waals surface area contributed by atoms with Gasteiger partial charge in [0.15, 0.2) is 0 Å². The number of carbonyl (C=O) groups excluding carboxylic acids is 1. The zero-order valence-corrected chi connectivity index (χ0v) is 11.0. The standard InChI is InChI=1S/C11H23N3O3/c1-5-14(6-9(4)10(12)13-16)11(15)17-7-8(2)3/h8-9,16H,5-7H2,1-4H3,(H2,12,13). The molecule has 0 aliphatic rings. The van der Waals surface area contributed by atoms with Crippen molar-refractivity contribution in [2.24, 2.45) is 22.7 Å². The molecule has 0 fully saturated rings. The Morgan fingerprint density at radius 2 is 2.06 bits per heavy atom. The van der Waals surface area contributed by atoms with Crippen LogP contribution >= 0.6 is 0 Å². The first-order valence-electron chi connectivity index (χ1n) is 5.81. The van der Waals surface area contributed by atoms with Crippen LogP contribution in [0.3, 0.4) is 0 Å². The molecular formula is C11H23N3O3. The maximum Gasteiger partial charge on any atom is 0.409 e. The van der Waals surface area contributed by atoms with Crippen LogP contribution < -0.4 is 5.73 Å². The average molecular weight is 245 g/mol. The van der Waals surface area contributed by atoms with E-state index in [1.807, 2.05) is 20.8 Å². The molecule has 0 aromatic rings. The monoisotopic (exact) mass is 245 g/mol. The van der Waals surface area contributed by atoms with Gasteiger partial charge in [-0.25, -0.2) is 4.79 Å². The van der Waals surface area contributed by atoms with Gasteiger partial charge in [-0.05, 0) is 12.8 Å². The van der Waals surface area contributed by atoms with Gasteiger partial charge < -0.3 is 20.6 Å². The third-order valence-corrected chi connectivity index (χ3v) is 2.29. The molecule has 1 atom stereocenters. The molecule has 0 rings (SSSR count). The molecular weight excluding hydrogens is 222 g/mol. The summed E-state index contributed by atoms with van der Waals surface area (Å²) in [6.45, 7) is 8.89. The smallest absolute Gasteiger partial charge is 0.409 e. The summed E-state index contributed by atoms with van der Waals surface area (Å²) in [5.74, 6) is 0.214. The van der Waals surface area contributed by atoms with Gasteiger partial charge in [-0.2, -0.15) is 0 Å². The molecule has 0 radical (unpaired) electrons. The largest absolute Gasteiger partial charge is 0.449 e. The number of carbonyl (C=O) groups is 1. The summed E-state index contributed by atoms with van der Waals surface area (Å²) in [5.41, 5.74) is 5.46. The zero-order valence-electron chi connectivity index (χ0n) is 11.0. The number of rotatable bonds is 6. The minimum absolute atomic E-state index is 0.111. The number of amides is 1. The Hall–Kier alpha value is -1.46. The van der Waals surface area contributed by atoms with Crippen molar-refractivity contribution >= 4 is 11.9 Å². The highest BCUT2D eigenvalue weighted by atomic mass is 16.6. The van der Waals surface area contributed by atoms with E-state index in [9.17, 15) is 4.79 Å². The minimum Gasteiger partial charge on any atom is -0.449 e. The normalized spacial score (nSPS) is 13.6. The lowest BCUT2D eigenvalue weighted by Crippen LogP contribution is -2.39. The predicted molar refractivity (Wildman–Crippen MR) is 66.0 cm³/mol. The second kappa shape index (κ2) is 7.76. The topological polar surface area (TPSA) is 88.1 Å². The van der Waals surface area contributed by atoms with E-state index in [2.05, 4.69) is 5.16 Å². The summed E-state index contributed by atoms with van der Waals surface area (Å²) < 4.78 is 5.11. The van der Waals surface area contributed by atoms with Crippen LogP contribution in [0.25, 0.3) is 0 Å². The van der Waals surface area contributed by atoms with Crippen LogP contribution in [-0.2, 0) is 4.74 Å². The highest BCUT2D eigenvalue weighted by Crippen LogP contribution is 2.04. The van der Waals surface area contributed by atoms with Gasteiger partial charge in [-0.3, -0.25) is 0 Å². The van der Waals surface area contributed by atoms with Crippen molar-refractivity contribution in [2.75, 3.05) is 19.7 Å². The average Bonchev–Trinajstić information content (AvgIpc) is 2.31. The van der Waals surface area contributed by atoms with Crippen molar-refractivity contribution in [1.82, 2.24) is 4.90 Å². The van der Waals surface area contributed by atoms with Gasteiger partial charge in [0.2, 0.25) is 0 Å². The Labute approximate surface area is 102 Å². The molecule has 0 aliphatic carbocycles. The molecule has 6 nitrogen and oxygen atoms in total. The van der Waals surface area contributed by atoms with Gasteiger partial charge in [-0.1, -0.05) is 25.9 Å². The van der Waals surface area contributed by atoms with Crippen molar-refractivity contribution in [1.29, 1.82) is 0 Å². The lowest BCUT2D eigenvalue weighted by atomic mass is 10.1. The second-order valence-corrected chi connectivity index (χ2v) is 4.44. The number of hydrogen-bond donors (Lipinski definition) is 2. The summed E-state index contributed by atoms with van der Waals surface area (Å²) in [6, 6.07) is 0. The Morgan fingerprint density at radius 3 is 2.47 bits per heavy atom. The molecule has 0 spiro atoms. The summed E-state index contributed by atoms with van der Waals surface area (Å²) in [5, 5.41) is 11.5. The van der Waals surface area contributed by atoms with Gasteiger partial charge in [0, 0.05) is 19.0 Å². The number of hydrogen-bond acceptors (Lipinski definition) is 4. The summed E-state index contributed by atoms with van der Waals surface area (Å²) >= 11 is 0. The van der Waals surface area contributed by atoms with Gasteiger partial charge in [0.05, 0.1) is 6.61 Å². The number of ether oxygens (including phenoxy) is 1. The number of amidine groups is 1. The summed E-state index contributed by atoms with van der Waals surface area (Å²) in [4.78, 5) is 13.2. The Bertz CT molecular complexity index is 267. The van der Waals surface area contributed by atoms with E-state index in [0.717, 1.165) is 0 Å². The van der Waals surface area contributed by atoms with E-state index < -0.39 is 0 Å². The molecule has 0 heterocycles. The molecule has 0 aromatic heterocycles. The van der Waals surface area contributed by atoms with Gasteiger partial charge in [-0.15, -0.1) is 0 Å². The Kier molecular flexibility index (Phi) is 7.09. The van der Waals surface area contributed by atoms with Crippen molar-refractivity contribution in [3.05, 3.63) is 0 Å². The third-order valence-electron chi connectivity index (χ3n) is 2.29. The van der Waals surface area contributed by atoms with Crippen LogP contribution in [0, 0.1) is 11.8 Å². The first kappa shape index (κ1) is 15.5. The Morgan fingerprint density at radius 1 is 1.47 bits per heavy atom. The minimum atomic E-state index is -0.362. The molecule has 0 aromatic carbocycles. The quantitative estimate of drug-likeness (QED) is 0.321. The van der Waals surface area contributed by atoms with Gasteiger partial charge in [0.25, 0.3) is 0 Å². The predicted octanol–water partition coefficient (Wildman–Crippen LogP) is 1.48. The van der Waals surface area contributed by atoms with Crippen LogP contribution in [0.2, 0.25) is 0 Å². The first-order valence-corrected chi connectivity index (χ1v) is 5.81. The van der Waals surface area contributed by atoms with Crippen LogP contribution in [0.4, 0.5) is 4.79 Å². The molecule has 1 amide bonds. The summed E-state index contributed by atoms with van der Waals surface area (Å²) in [7, 11) is 0. The van der Waals surface area contributed by atoms with E-state index in [0.29, 0.717) is 25.6 Å². The van der Waals surface area contributed by atoms with Crippen molar-refractivity contribution in [2.45, 2.75) is 27.7 Å². The SMILES string of the molecule is CCN(CC(C)C(N)=NO)C(=O)OCC(C)C. The molecule has 6 heteroatoms. The molecule has 1 unspecified atom stereocenters. The molecule has 17 heavy (non-hydrogen) atoms. The number of nitrogens with zero attached hydrogens (tertiary/aromatic N) is 2. The fourth-order valence-corrected chi connectivity index (χ4v) is 1.18. The third kappa shape index (κ3) is 5.99. The maximum atomic E-state index is 11.7. The van der Waals surface area contributed by atoms with Crippen molar-refractivity contribution < 1.29 is 14.7 Å². The van der Waals surface area contributed by atoms with Gasteiger partial charge >= 0.3 is 6.09 Å². The molecule has 0 saturated heterocycles. The van der Waals surface area contributed by atoms with Crippen LogP contribution in [0.15, 0.2) is 5.16 Å². The van der Waals surface area contributed by atoms with E-state index >= 15 is 0 Å². The lowest BCUT2D eigenvalue weighted by molar-refractivity contribution is 0.0916. The highest BCUT2D eigenvalue weighted by Gasteiger charge is 2.18. The van der Waals surface area contributed by atoms with E-state index in [4.69, 9.17) is 15.7 Å². The van der Waals surface area contributed by atoms with E-state index in [-0.39, 0.29) is 17.8 Å². The van der Waals surface area contributed by atoms with Crippen LogP contribution in [0.5, 0.6) is 0 Å². The lowest BCUT2D eigenvalue weighted by Gasteiger charge is -2.23. The van der Waals surface area contributed by atoms with Gasteiger partial charge in [0.1, 0.15) is 5.84 Å². The first-order chi connectivity index (χ1) is 7.92. The fraction of sp³-hybridized carbons (Fsp3) is 0.818. The number of oxime groups is 1. The molecule has 3 N–H and O–H groups in total. The fourth-order valence-electron chi connectivity index (χ4n) is 1.18. The van der Waals surface area contributed by atoms with Crippen molar-refractivity contribution in [3.63, 3.8) is 0 Å². The molecule has 0 saturated carbocycles.